The average molecular weight is 378 g/mol. The maximum absolute atomic E-state index is 11.7. The van der Waals surface area contributed by atoms with Gasteiger partial charge in [-0.25, -0.2) is 4.79 Å². The molecule has 7 heteroatoms. The van der Waals surface area contributed by atoms with Crippen molar-refractivity contribution in [2.45, 2.75) is 69.6 Å². The second-order valence-corrected chi connectivity index (χ2v) is 8.29. The highest BCUT2D eigenvalue weighted by molar-refractivity contribution is 7.99. The first-order valence-corrected chi connectivity index (χ1v) is 10.6. The Bertz CT molecular complexity index is 358. The number of hydrogen-bond acceptors (Lipinski definition) is 6. The van der Waals surface area contributed by atoms with Crippen LogP contribution in [0.4, 0.5) is 4.79 Å². The van der Waals surface area contributed by atoms with Gasteiger partial charge in [-0.15, -0.1) is 0 Å². The summed E-state index contributed by atoms with van der Waals surface area (Å²) in [6, 6.07) is 0. The molecule has 24 heavy (non-hydrogen) atoms. The fourth-order valence-corrected chi connectivity index (χ4v) is 3.44. The first-order chi connectivity index (χ1) is 11.6. The van der Waals surface area contributed by atoms with Crippen LogP contribution >= 0.6 is 24.4 Å². The van der Waals surface area contributed by atoms with E-state index in [1.165, 1.54) is 12.8 Å². The highest BCUT2D eigenvalue weighted by Gasteiger charge is 2.16. The van der Waals surface area contributed by atoms with Crippen LogP contribution in [0.3, 0.4) is 0 Å². The van der Waals surface area contributed by atoms with Gasteiger partial charge in [0.25, 0.3) is 0 Å². The number of carbonyl (C=O) groups is 2. The quantitative estimate of drug-likeness (QED) is 0.262. The number of amides is 1. The van der Waals surface area contributed by atoms with Crippen molar-refractivity contribution in [2.75, 3.05) is 24.7 Å². The topological polar surface area (TPSA) is 64.6 Å². The van der Waals surface area contributed by atoms with E-state index in [1.54, 1.807) is 11.8 Å². The minimum absolute atomic E-state index is 0.0361. The lowest BCUT2D eigenvalue weighted by Crippen LogP contribution is -2.29. The Morgan fingerprint density at radius 3 is 2.58 bits per heavy atom. The molecule has 0 aromatic rings. The van der Waals surface area contributed by atoms with Gasteiger partial charge in [0.15, 0.2) is 0 Å². The highest BCUT2D eigenvalue weighted by Crippen LogP contribution is 2.19. The fourth-order valence-electron chi connectivity index (χ4n) is 2.53. The molecule has 0 aromatic carbocycles. The van der Waals surface area contributed by atoms with Gasteiger partial charge in [-0.3, -0.25) is 4.79 Å². The van der Waals surface area contributed by atoms with Crippen LogP contribution in [0.1, 0.15) is 58.3 Å². The minimum atomic E-state index is -0.290. The number of thioether (sulfide) groups is 1. The summed E-state index contributed by atoms with van der Waals surface area (Å²) >= 11 is 5.87. The Balaban J connectivity index is 1.90. The fraction of sp³-hybridized carbons (Fsp3) is 0.882. The van der Waals surface area contributed by atoms with Crippen LogP contribution < -0.4 is 5.32 Å². The van der Waals surface area contributed by atoms with E-state index < -0.39 is 0 Å². The standard InChI is InChI=1S/C17H31NO4S2/c1-14(23)13-16(19)21-10-12-24-11-6-9-18-17(20)22-15-7-4-2-3-5-8-15/h14-15,23H,2-13H2,1H3,(H,18,20). The van der Waals surface area contributed by atoms with E-state index in [0.29, 0.717) is 19.6 Å². The van der Waals surface area contributed by atoms with E-state index in [1.807, 2.05) is 6.92 Å². The van der Waals surface area contributed by atoms with Crippen molar-refractivity contribution in [2.24, 2.45) is 0 Å². The molecule has 1 fully saturated rings. The minimum Gasteiger partial charge on any atom is -0.465 e. The monoisotopic (exact) mass is 377 g/mol. The maximum atomic E-state index is 11.7. The smallest absolute Gasteiger partial charge is 0.407 e. The maximum Gasteiger partial charge on any atom is 0.407 e. The molecule has 0 aromatic heterocycles. The number of ether oxygens (including phenoxy) is 2. The lowest BCUT2D eigenvalue weighted by atomic mass is 10.2. The molecule has 0 spiro atoms. The lowest BCUT2D eigenvalue weighted by Gasteiger charge is -2.15. The molecule has 0 aliphatic heterocycles. The number of esters is 1. The van der Waals surface area contributed by atoms with E-state index in [0.717, 1.165) is 43.6 Å². The summed E-state index contributed by atoms with van der Waals surface area (Å²) in [6.07, 6.45) is 7.84. The van der Waals surface area contributed by atoms with Crippen LogP contribution in [0, 0.1) is 0 Å². The van der Waals surface area contributed by atoms with Gasteiger partial charge >= 0.3 is 12.1 Å². The summed E-state index contributed by atoms with van der Waals surface area (Å²) in [4.78, 5) is 23.0. The summed E-state index contributed by atoms with van der Waals surface area (Å²) in [5.74, 6) is 1.50. The van der Waals surface area contributed by atoms with Crippen LogP contribution in [-0.4, -0.2) is 48.1 Å². The van der Waals surface area contributed by atoms with Crippen molar-refractivity contribution in [1.82, 2.24) is 5.32 Å². The van der Waals surface area contributed by atoms with Gasteiger partial charge in [0.2, 0.25) is 0 Å². The van der Waals surface area contributed by atoms with Crippen molar-refractivity contribution < 1.29 is 19.1 Å². The van der Waals surface area contributed by atoms with Gasteiger partial charge < -0.3 is 14.8 Å². The molecule has 1 amide bonds. The molecule has 0 bridgehead atoms. The first-order valence-electron chi connectivity index (χ1n) is 8.94. The zero-order valence-electron chi connectivity index (χ0n) is 14.6. The van der Waals surface area contributed by atoms with Crippen LogP contribution in [-0.2, 0) is 14.3 Å². The number of carbonyl (C=O) groups excluding carboxylic acids is 2. The van der Waals surface area contributed by atoms with Gasteiger partial charge in [0.1, 0.15) is 12.7 Å². The third-order valence-electron chi connectivity index (χ3n) is 3.76. The Morgan fingerprint density at radius 1 is 1.21 bits per heavy atom. The largest absolute Gasteiger partial charge is 0.465 e. The first kappa shape index (κ1) is 21.5. The Morgan fingerprint density at radius 2 is 1.92 bits per heavy atom. The van der Waals surface area contributed by atoms with E-state index in [9.17, 15) is 9.59 Å². The second-order valence-electron chi connectivity index (χ2n) is 6.19. The summed E-state index contributed by atoms with van der Waals surface area (Å²) in [6.45, 7) is 2.92. The molecule has 0 heterocycles. The third kappa shape index (κ3) is 11.9. The summed E-state index contributed by atoms with van der Waals surface area (Å²) < 4.78 is 10.5. The van der Waals surface area contributed by atoms with E-state index in [4.69, 9.17) is 9.47 Å². The van der Waals surface area contributed by atoms with Crippen LogP contribution in [0.15, 0.2) is 0 Å². The average Bonchev–Trinajstić information content (AvgIpc) is 2.77. The molecule has 1 aliphatic rings. The number of thiol groups is 1. The van der Waals surface area contributed by atoms with Crippen molar-refractivity contribution in [3.05, 3.63) is 0 Å². The summed E-state index contributed by atoms with van der Waals surface area (Å²) in [7, 11) is 0. The predicted octanol–water partition coefficient (Wildman–Crippen LogP) is 3.81. The van der Waals surface area contributed by atoms with Crippen molar-refractivity contribution in [3.63, 3.8) is 0 Å². The molecule has 1 unspecified atom stereocenters. The normalized spacial score (nSPS) is 16.9. The molecule has 140 valence electrons. The number of rotatable bonds is 10. The molecule has 0 saturated heterocycles. The van der Waals surface area contributed by atoms with E-state index in [-0.39, 0.29) is 23.4 Å². The van der Waals surface area contributed by atoms with Crippen molar-refractivity contribution in [3.8, 4) is 0 Å². The molecular weight excluding hydrogens is 346 g/mol. The number of hydrogen-bond donors (Lipinski definition) is 2. The second kappa shape index (κ2) is 13.7. The molecule has 1 saturated carbocycles. The van der Waals surface area contributed by atoms with E-state index in [2.05, 4.69) is 17.9 Å². The predicted molar refractivity (Wildman–Crippen MR) is 102 cm³/mol. The zero-order chi connectivity index (χ0) is 17.6. The summed E-state index contributed by atoms with van der Waals surface area (Å²) in [5.41, 5.74) is 0. The van der Waals surface area contributed by atoms with Gasteiger partial charge in [0, 0.05) is 17.5 Å². The van der Waals surface area contributed by atoms with Gasteiger partial charge in [-0.1, -0.05) is 19.8 Å². The SMILES string of the molecule is CC(S)CC(=O)OCCSCCCNC(=O)OC1CCCCCC1. The molecule has 0 radical (unpaired) electrons. The van der Waals surface area contributed by atoms with Crippen LogP contribution in [0.5, 0.6) is 0 Å². The third-order valence-corrected chi connectivity index (χ3v) is 4.98. The molecule has 1 rings (SSSR count). The molecule has 5 nitrogen and oxygen atoms in total. The number of alkyl carbamates (subject to hydrolysis) is 1. The molecule has 1 aliphatic carbocycles. The molecular formula is C17H31NO4S2. The Kier molecular flexibility index (Phi) is 12.3. The Hall–Kier alpha value is -0.560. The number of nitrogens with one attached hydrogen (secondary N) is 1. The zero-order valence-corrected chi connectivity index (χ0v) is 16.3. The Labute approximate surface area is 155 Å². The lowest BCUT2D eigenvalue weighted by molar-refractivity contribution is -0.142. The highest BCUT2D eigenvalue weighted by atomic mass is 32.2. The molecule has 1 N–H and O–H groups in total. The van der Waals surface area contributed by atoms with Crippen molar-refractivity contribution in [1.29, 1.82) is 0 Å². The van der Waals surface area contributed by atoms with Crippen molar-refractivity contribution >= 4 is 36.5 Å². The molecule has 1 atom stereocenters. The van der Waals surface area contributed by atoms with Crippen LogP contribution in [0.2, 0.25) is 0 Å². The van der Waals surface area contributed by atoms with Crippen LogP contribution in [0.25, 0.3) is 0 Å². The van der Waals surface area contributed by atoms with Gasteiger partial charge in [0.05, 0.1) is 6.42 Å². The van der Waals surface area contributed by atoms with Gasteiger partial charge in [-0.05, 0) is 37.9 Å². The summed E-state index contributed by atoms with van der Waals surface area (Å²) in [5, 5.41) is 2.85. The van der Waals surface area contributed by atoms with Gasteiger partial charge in [-0.2, -0.15) is 24.4 Å². The van der Waals surface area contributed by atoms with E-state index >= 15 is 0 Å².